The molecule has 1 aromatic heterocycles. The number of carboxylic acids is 1. The van der Waals surface area contributed by atoms with Gasteiger partial charge in [-0.1, -0.05) is 42.8 Å². The zero-order chi connectivity index (χ0) is 14.2. The van der Waals surface area contributed by atoms with Gasteiger partial charge in [0.05, 0.1) is 0 Å². The lowest BCUT2D eigenvalue weighted by atomic mass is 9.97. The first-order chi connectivity index (χ1) is 8.91. The van der Waals surface area contributed by atoms with Crippen molar-refractivity contribution in [3.05, 3.63) is 40.6 Å². The number of carbonyl (C=O) groups is 1. The maximum absolute atomic E-state index is 11.5. The highest BCUT2D eigenvalue weighted by Crippen LogP contribution is 2.31. The number of rotatable bonds is 3. The van der Waals surface area contributed by atoms with Crippen molar-refractivity contribution in [1.82, 2.24) is 5.16 Å². The van der Waals surface area contributed by atoms with Crippen LogP contribution in [0.25, 0.3) is 11.3 Å². The summed E-state index contributed by atoms with van der Waals surface area (Å²) in [6.07, 6.45) is 0. The van der Waals surface area contributed by atoms with Crippen molar-refractivity contribution in [3.8, 4) is 11.3 Å². The molecule has 1 heterocycles. The molecule has 0 aliphatic rings. The van der Waals surface area contributed by atoms with Crippen molar-refractivity contribution in [1.29, 1.82) is 0 Å². The molecule has 1 aromatic carbocycles. The minimum atomic E-state index is -1.00. The molecule has 0 radical (unpaired) electrons. The Labute approximate surface area is 112 Å². The smallest absolute Gasteiger partial charge is 0.341 e. The molecule has 4 heteroatoms. The number of benzene rings is 1. The van der Waals surface area contributed by atoms with E-state index in [9.17, 15) is 9.90 Å². The largest absolute Gasteiger partial charge is 0.477 e. The first kappa shape index (κ1) is 13.3. The van der Waals surface area contributed by atoms with Crippen LogP contribution in [0.3, 0.4) is 0 Å². The first-order valence-corrected chi connectivity index (χ1v) is 6.22. The highest BCUT2D eigenvalue weighted by molar-refractivity contribution is 5.96. The van der Waals surface area contributed by atoms with E-state index in [-0.39, 0.29) is 11.5 Å². The maximum Gasteiger partial charge on any atom is 0.341 e. The average Bonchev–Trinajstić information content (AvgIpc) is 2.73. The van der Waals surface area contributed by atoms with Crippen molar-refractivity contribution < 1.29 is 14.4 Å². The highest BCUT2D eigenvalue weighted by atomic mass is 16.5. The minimum absolute atomic E-state index is 0.0156. The molecule has 0 saturated carbocycles. The third-order valence-corrected chi connectivity index (χ3v) is 3.09. The Bertz CT molecular complexity index is 626. The van der Waals surface area contributed by atoms with E-state index in [0.29, 0.717) is 11.5 Å². The Morgan fingerprint density at radius 3 is 2.53 bits per heavy atom. The number of hydrogen-bond acceptors (Lipinski definition) is 3. The van der Waals surface area contributed by atoms with Crippen LogP contribution in [0.5, 0.6) is 0 Å². The number of aryl methyl sites for hydroxylation is 2. The van der Waals surface area contributed by atoms with Crippen LogP contribution >= 0.6 is 0 Å². The van der Waals surface area contributed by atoms with Gasteiger partial charge < -0.3 is 9.63 Å². The van der Waals surface area contributed by atoms with Gasteiger partial charge in [0.2, 0.25) is 0 Å². The normalized spacial score (nSPS) is 11.0. The fourth-order valence-corrected chi connectivity index (χ4v) is 2.17. The molecule has 0 atom stereocenters. The van der Waals surface area contributed by atoms with Gasteiger partial charge in [-0.25, -0.2) is 4.79 Å². The van der Waals surface area contributed by atoms with E-state index < -0.39 is 5.97 Å². The standard InChI is InChI=1S/C15H17NO3/c1-8(2)14-12(15(17)18)13(16-19-14)11-6-5-9(3)7-10(11)4/h5-8H,1-4H3,(H,17,18). The van der Waals surface area contributed by atoms with Gasteiger partial charge in [0, 0.05) is 11.5 Å². The molecule has 100 valence electrons. The van der Waals surface area contributed by atoms with Gasteiger partial charge >= 0.3 is 5.97 Å². The van der Waals surface area contributed by atoms with Gasteiger partial charge in [-0.05, 0) is 19.4 Å². The van der Waals surface area contributed by atoms with Crippen molar-refractivity contribution in [2.75, 3.05) is 0 Å². The lowest BCUT2D eigenvalue weighted by molar-refractivity contribution is 0.0694. The van der Waals surface area contributed by atoms with Gasteiger partial charge in [0.15, 0.2) is 5.76 Å². The van der Waals surface area contributed by atoms with E-state index in [1.807, 2.05) is 45.9 Å². The Kier molecular flexibility index (Phi) is 3.42. The molecule has 0 fully saturated rings. The number of hydrogen-bond donors (Lipinski definition) is 1. The Hall–Kier alpha value is -2.10. The lowest BCUT2D eigenvalue weighted by Gasteiger charge is -2.05. The van der Waals surface area contributed by atoms with Gasteiger partial charge in [-0.15, -0.1) is 0 Å². The van der Waals surface area contributed by atoms with Crippen LogP contribution < -0.4 is 0 Å². The van der Waals surface area contributed by atoms with Gasteiger partial charge in [-0.2, -0.15) is 0 Å². The monoisotopic (exact) mass is 259 g/mol. The van der Waals surface area contributed by atoms with Crippen LogP contribution in [0.15, 0.2) is 22.7 Å². The lowest BCUT2D eigenvalue weighted by Crippen LogP contribution is -2.03. The SMILES string of the molecule is Cc1ccc(-c2noc(C(C)C)c2C(=O)O)c(C)c1. The summed E-state index contributed by atoms with van der Waals surface area (Å²) in [4.78, 5) is 11.5. The Morgan fingerprint density at radius 1 is 1.32 bits per heavy atom. The van der Waals surface area contributed by atoms with E-state index >= 15 is 0 Å². The van der Waals surface area contributed by atoms with Crippen molar-refractivity contribution in [3.63, 3.8) is 0 Å². The fourth-order valence-electron chi connectivity index (χ4n) is 2.17. The van der Waals surface area contributed by atoms with Crippen molar-refractivity contribution in [2.45, 2.75) is 33.6 Å². The number of nitrogens with zero attached hydrogens (tertiary/aromatic N) is 1. The third kappa shape index (κ3) is 2.38. The average molecular weight is 259 g/mol. The van der Waals surface area contributed by atoms with Crippen LogP contribution in [0, 0.1) is 13.8 Å². The van der Waals surface area contributed by atoms with E-state index in [4.69, 9.17) is 4.52 Å². The quantitative estimate of drug-likeness (QED) is 0.911. The zero-order valence-corrected chi connectivity index (χ0v) is 11.5. The van der Waals surface area contributed by atoms with Crippen molar-refractivity contribution >= 4 is 5.97 Å². The predicted molar refractivity (Wildman–Crippen MR) is 72.5 cm³/mol. The summed E-state index contributed by atoms with van der Waals surface area (Å²) >= 11 is 0. The number of aromatic carboxylic acids is 1. The molecular formula is C15H17NO3. The number of carboxylic acid groups (broad SMARTS) is 1. The number of aromatic nitrogens is 1. The second-order valence-electron chi connectivity index (χ2n) is 5.05. The summed E-state index contributed by atoms with van der Waals surface area (Å²) in [5, 5.41) is 13.4. The summed E-state index contributed by atoms with van der Waals surface area (Å²) in [7, 11) is 0. The molecule has 0 saturated heterocycles. The zero-order valence-electron chi connectivity index (χ0n) is 11.5. The summed E-state index contributed by atoms with van der Waals surface area (Å²) in [6.45, 7) is 7.71. The van der Waals surface area contributed by atoms with Crippen LogP contribution in [0.1, 0.15) is 47.0 Å². The molecule has 0 amide bonds. The molecule has 2 aromatic rings. The Balaban J connectivity index is 2.66. The Morgan fingerprint density at radius 2 is 2.00 bits per heavy atom. The second-order valence-corrected chi connectivity index (χ2v) is 5.05. The first-order valence-electron chi connectivity index (χ1n) is 6.22. The molecule has 0 spiro atoms. The van der Waals surface area contributed by atoms with Crippen LogP contribution in [-0.4, -0.2) is 16.2 Å². The molecule has 2 rings (SSSR count). The van der Waals surface area contributed by atoms with Gasteiger partial charge in [0.1, 0.15) is 11.3 Å². The topological polar surface area (TPSA) is 63.3 Å². The molecule has 0 aliphatic carbocycles. The molecule has 4 nitrogen and oxygen atoms in total. The van der Waals surface area contributed by atoms with E-state index in [1.54, 1.807) is 0 Å². The minimum Gasteiger partial charge on any atom is -0.477 e. The van der Waals surface area contributed by atoms with Gasteiger partial charge in [-0.3, -0.25) is 0 Å². The van der Waals surface area contributed by atoms with Crippen LogP contribution in [0.2, 0.25) is 0 Å². The maximum atomic E-state index is 11.5. The molecule has 0 bridgehead atoms. The third-order valence-electron chi connectivity index (χ3n) is 3.09. The fraction of sp³-hybridized carbons (Fsp3) is 0.333. The molecule has 0 unspecified atom stereocenters. The molecule has 1 N–H and O–H groups in total. The predicted octanol–water partition coefficient (Wildman–Crippen LogP) is 3.78. The molecule has 19 heavy (non-hydrogen) atoms. The van der Waals surface area contributed by atoms with Crippen LogP contribution in [-0.2, 0) is 0 Å². The van der Waals surface area contributed by atoms with E-state index in [2.05, 4.69) is 5.16 Å². The van der Waals surface area contributed by atoms with Crippen molar-refractivity contribution in [2.24, 2.45) is 0 Å². The summed E-state index contributed by atoms with van der Waals surface area (Å²) in [6, 6.07) is 5.83. The summed E-state index contributed by atoms with van der Waals surface area (Å²) < 4.78 is 5.23. The highest BCUT2D eigenvalue weighted by Gasteiger charge is 2.25. The summed E-state index contributed by atoms with van der Waals surface area (Å²) in [5.41, 5.74) is 3.51. The van der Waals surface area contributed by atoms with Gasteiger partial charge in [0.25, 0.3) is 0 Å². The summed E-state index contributed by atoms with van der Waals surface area (Å²) in [5.74, 6) is -0.597. The molecular weight excluding hydrogens is 242 g/mol. The molecule has 0 aliphatic heterocycles. The van der Waals surface area contributed by atoms with E-state index in [0.717, 1.165) is 16.7 Å². The second kappa shape index (κ2) is 4.88. The van der Waals surface area contributed by atoms with Crippen LogP contribution in [0.4, 0.5) is 0 Å². The van der Waals surface area contributed by atoms with E-state index in [1.165, 1.54) is 0 Å².